The Morgan fingerprint density at radius 3 is 2.43 bits per heavy atom. The van der Waals surface area contributed by atoms with Crippen molar-refractivity contribution in [2.24, 2.45) is 5.92 Å². The average Bonchev–Trinajstić information content (AvgIpc) is 2.17. The van der Waals surface area contributed by atoms with Gasteiger partial charge in [0, 0.05) is 6.54 Å². The Morgan fingerprint density at radius 1 is 1.36 bits per heavy atom. The number of amides is 1. The van der Waals surface area contributed by atoms with Crippen LogP contribution in [0.3, 0.4) is 0 Å². The first-order chi connectivity index (χ1) is 6.61. The van der Waals surface area contributed by atoms with Crippen LogP contribution < -0.4 is 5.32 Å². The van der Waals surface area contributed by atoms with Crippen LogP contribution in [-0.4, -0.2) is 17.3 Å². The van der Waals surface area contributed by atoms with Gasteiger partial charge in [0.15, 0.2) is 4.84 Å². The lowest BCUT2D eigenvalue weighted by molar-refractivity contribution is -0.119. The van der Waals surface area contributed by atoms with Gasteiger partial charge in [0.25, 0.3) is 5.91 Å². The molecule has 0 unspecified atom stereocenters. The highest BCUT2D eigenvalue weighted by atomic mass is 35.5. The van der Waals surface area contributed by atoms with Crippen LogP contribution in [0.1, 0.15) is 39.5 Å². The molecule has 0 rings (SSSR count). The number of hydrogen-bond donors (Lipinski definition) is 1. The van der Waals surface area contributed by atoms with Gasteiger partial charge in [0.05, 0.1) is 0 Å². The van der Waals surface area contributed by atoms with E-state index in [9.17, 15) is 4.79 Å². The quantitative estimate of drug-likeness (QED) is 0.680. The van der Waals surface area contributed by atoms with Gasteiger partial charge >= 0.3 is 0 Å². The van der Waals surface area contributed by atoms with E-state index in [-0.39, 0.29) is 5.91 Å². The highest BCUT2D eigenvalue weighted by molar-refractivity contribution is 6.53. The molecule has 0 aromatic heterocycles. The molecular formula is C10H19Cl2NO. The fourth-order valence-electron chi connectivity index (χ4n) is 1.27. The van der Waals surface area contributed by atoms with Crippen molar-refractivity contribution in [2.75, 3.05) is 6.54 Å². The molecule has 1 atom stereocenters. The van der Waals surface area contributed by atoms with Gasteiger partial charge in [-0.15, -0.1) is 0 Å². The van der Waals surface area contributed by atoms with Crippen molar-refractivity contribution in [3.63, 3.8) is 0 Å². The molecule has 0 saturated carbocycles. The first-order valence-corrected chi connectivity index (χ1v) is 6.04. The number of carbonyl (C=O) groups is 1. The minimum Gasteiger partial charge on any atom is -0.353 e. The lowest BCUT2D eigenvalue weighted by Crippen LogP contribution is -2.32. The van der Waals surface area contributed by atoms with E-state index in [4.69, 9.17) is 23.2 Å². The minimum atomic E-state index is -0.946. The highest BCUT2D eigenvalue weighted by Crippen LogP contribution is 2.11. The maximum absolute atomic E-state index is 11.1. The number of unbranched alkanes of at least 4 members (excludes halogenated alkanes) is 1. The molecule has 0 bridgehead atoms. The van der Waals surface area contributed by atoms with Crippen molar-refractivity contribution in [1.29, 1.82) is 0 Å². The molecule has 84 valence electrons. The topological polar surface area (TPSA) is 29.1 Å². The van der Waals surface area contributed by atoms with Gasteiger partial charge in [-0.1, -0.05) is 56.3 Å². The average molecular weight is 240 g/mol. The Labute approximate surface area is 96.3 Å². The molecule has 0 aliphatic heterocycles. The zero-order valence-electron chi connectivity index (χ0n) is 8.85. The summed E-state index contributed by atoms with van der Waals surface area (Å²) in [6, 6.07) is 0. The van der Waals surface area contributed by atoms with Gasteiger partial charge in [-0.3, -0.25) is 4.79 Å². The summed E-state index contributed by atoms with van der Waals surface area (Å²) in [5.74, 6) is 0.259. The van der Waals surface area contributed by atoms with Crippen molar-refractivity contribution in [2.45, 2.75) is 44.4 Å². The zero-order valence-corrected chi connectivity index (χ0v) is 10.4. The third kappa shape index (κ3) is 6.50. The molecule has 14 heavy (non-hydrogen) atoms. The second-order valence-corrected chi connectivity index (χ2v) is 4.56. The maximum atomic E-state index is 11.1. The number of carbonyl (C=O) groups excluding carboxylic acids is 1. The molecule has 0 heterocycles. The molecule has 1 amide bonds. The summed E-state index contributed by atoms with van der Waals surface area (Å²) in [6.07, 6.45) is 4.63. The summed E-state index contributed by atoms with van der Waals surface area (Å²) >= 11 is 10.8. The molecule has 0 radical (unpaired) electrons. The third-order valence-corrected chi connectivity index (χ3v) is 2.70. The van der Waals surface area contributed by atoms with E-state index in [1.165, 1.54) is 12.8 Å². The van der Waals surface area contributed by atoms with Crippen LogP contribution in [0.5, 0.6) is 0 Å². The second-order valence-electron chi connectivity index (χ2n) is 3.46. The Hall–Kier alpha value is 0.0500. The summed E-state index contributed by atoms with van der Waals surface area (Å²) in [6.45, 7) is 4.98. The van der Waals surface area contributed by atoms with Gasteiger partial charge in [-0.2, -0.15) is 0 Å². The Morgan fingerprint density at radius 2 is 2.00 bits per heavy atom. The van der Waals surface area contributed by atoms with Crippen LogP contribution in [-0.2, 0) is 4.79 Å². The van der Waals surface area contributed by atoms with Crippen LogP contribution in [0, 0.1) is 5.92 Å². The molecule has 0 aliphatic carbocycles. The minimum absolute atomic E-state index is 0.289. The summed E-state index contributed by atoms with van der Waals surface area (Å²) in [5, 5.41) is 2.74. The largest absolute Gasteiger partial charge is 0.353 e. The summed E-state index contributed by atoms with van der Waals surface area (Å²) in [7, 11) is 0. The van der Waals surface area contributed by atoms with Gasteiger partial charge in [0.1, 0.15) is 0 Å². The smallest absolute Gasteiger partial charge is 0.253 e. The number of halogens is 2. The van der Waals surface area contributed by atoms with Crippen LogP contribution in [0.2, 0.25) is 0 Å². The second kappa shape index (κ2) is 8.37. The number of hydrogen-bond acceptors (Lipinski definition) is 1. The van der Waals surface area contributed by atoms with E-state index in [1.54, 1.807) is 0 Å². The van der Waals surface area contributed by atoms with Crippen molar-refractivity contribution in [3.8, 4) is 0 Å². The van der Waals surface area contributed by atoms with Crippen LogP contribution in [0.25, 0.3) is 0 Å². The normalized spacial score (nSPS) is 12.9. The fraction of sp³-hybridized carbons (Fsp3) is 0.900. The van der Waals surface area contributed by atoms with Gasteiger partial charge in [0.2, 0.25) is 0 Å². The zero-order chi connectivity index (χ0) is 11.0. The third-order valence-electron chi connectivity index (χ3n) is 2.31. The highest BCUT2D eigenvalue weighted by Gasteiger charge is 2.13. The van der Waals surface area contributed by atoms with Gasteiger partial charge < -0.3 is 5.32 Å². The molecule has 4 heteroatoms. The first kappa shape index (κ1) is 14.1. The molecular weight excluding hydrogens is 221 g/mol. The van der Waals surface area contributed by atoms with Crippen molar-refractivity contribution in [3.05, 3.63) is 0 Å². The summed E-state index contributed by atoms with van der Waals surface area (Å²) in [4.78, 5) is 10.1. The van der Waals surface area contributed by atoms with Crippen molar-refractivity contribution in [1.82, 2.24) is 5.32 Å². The molecule has 0 spiro atoms. The van der Waals surface area contributed by atoms with Crippen molar-refractivity contribution >= 4 is 29.1 Å². The SMILES string of the molecule is CCCC[C@@H](CC)CNC(=O)C(Cl)Cl. The number of nitrogens with one attached hydrogen (secondary N) is 1. The van der Waals surface area contributed by atoms with E-state index in [0.29, 0.717) is 12.5 Å². The molecule has 0 aliphatic rings. The monoisotopic (exact) mass is 239 g/mol. The molecule has 1 N–H and O–H groups in total. The van der Waals surface area contributed by atoms with E-state index >= 15 is 0 Å². The lowest BCUT2D eigenvalue weighted by atomic mass is 9.99. The molecule has 0 saturated heterocycles. The Balaban J connectivity index is 3.66. The van der Waals surface area contributed by atoms with Crippen molar-refractivity contribution < 1.29 is 4.79 Å². The van der Waals surface area contributed by atoms with Gasteiger partial charge in [-0.05, 0) is 12.3 Å². The van der Waals surface area contributed by atoms with Crippen LogP contribution in [0.15, 0.2) is 0 Å². The van der Waals surface area contributed by atoms with Crippen LogP contribution in [0.4, 0.5) is 0 Å². The number of rotatable bonds is 7. The van der Waals surface area contributed by atoms with E-state index in [2.05, 4.69) is 19.2 Å². The van der Waals surface area contributed by atoms with E-state index < -0.39 is 4.84 Å². The fourth-order valence-corrected chi connectivity index (χ4v) is 1.42. The maximum Gasteiger partial charge on any atom is 0.253 e. The summed E-state index contributed by atoms with van der Waals surface area (Å²) < 4.78 is 0. The molecule has 0 aromatic carbocycles. The first-order valence-electron chi connectivity index (χ1n) is 5.17. The predicted octanol–water partition coefficient (Wildman–Crippen LogP) is 3.12. The number of alkyl halides is 2. The molecule has 0 aromatic rings. The Bertz CT molecular complexity index is 162. The van der Waals surface area contributed by atoms with Crippen LogP contribution >= 0.6 is 23.2 Å². The van der Waals surface area contributed by atoms with E-state index in [0.717, 1.165) is 12.8 Å². The Kier molecular flexibility index (Phi) is 8.40. The molecule has 0 fully saturated rings. The lowest BCUT2D eigenvalue weighted by Gasteiger charge is -2.15. The van der Waals surface area contributed by atoms with E-state index in [1.807, 2.05) is 0 Å². The standard InChI is InChI=1S/C10H19Cl2NO/c1-3-5-6-8(4-2)7-13-10(14)9(11)12/h8-9H,3-7H2,1-2H3,(H,13,14)/t8-/m1/s1. The molecule has 2 nitrogen and oxygen atoms in total. The van der Waals surface area contributed by atoms with Gasteiger partial charge in [-0.25, -0.2) is 0 Å². The predicted molar refractivity (Wildman–Crippen MR) is 61.8 cm³/mol. The summed E-state index contributed by atoms with van der Waals surface area (Å²) in [5.41, 5.74) is 0.